The Hall–Kier alpha value is -1.82. The number of hydrogen-bond donors (Lipinski definition) is 0. The minimum atomic E-state index is 0.451. The van der Waals surface area contributed by atoms with E-state index in [9.17, 15) is 0 Å². The van der Waals surface area contributed by atoms with Crippen molar-refractivity contribution in [3.63, 3.8) is 0 Å². The lowest BCUT2D eigenvalue weighted by Gasteiger charge is -2.21. The van der Waals surface area contributed by atoms with Gasteiger partial charge in [0.2, 0.25) is 0 Å². The van der Waals surface area contributed by atoms with Crippen LogP contribution < -0.4 is 0 Å². The zero-order valence-electron chi connectivity index (χ0n) is 13.6. The van der Waals surface area contributed by atoms with Crippen molar-refractivity contribution >= 4 is 10.8 Å². The highest BCUT2D eigenvalue weighted by Gasteiger charge is 2.35. The standard InChI is InChI=1S/C22H22/c1-14-15(2)20-10-6-7-11-21(20)22(16(14)3)19-12-17-8-4-5-9-18(17)13-19/h4-11,17-19H,12H2,1-3H3. The van der Waals surface area contributed by atoms with Crippen LogP contribution in [0.25, 0.3) is 10.8 Å². The van der Waals surface area contributed by atoms with Gasteiger partial charge < -0.3 is 0 Å². The second kappa shape index (κ2) is 5.12. The Kier molecular flexibility index (Phi) is 3.22. The fourth-order valence-corrected chi connectivity index (χ4v) is 4.21. The Labute approximate surface area is 133 Å². The van der Waals surface area contributed by atoms with Crippen LogP contribution in [0.2, 0.25) is 0 Å². The molecule has 2 aromatic rings. The van der Waals surface area contributed by atoms with Gasteiger partial charge in [-0.15, -0.1) is 0 Å². The number of aryl methyl sites for hydroxylation is 1. The summed E-state index contributed by atoms with van der Waals surface area (Å²) < 4.78 is 0. The molecular weight excluding hydrogens is 264 g/mol. The van der Waals surface area contributed by atoms with E-state index in [-0.39, 0.29) is 0 Å². The lowest BCUT2D eigenvalue weighted by atomic mass is 9.83. The van der Waals surface area contributed by atoms with Gasteiger partial charge in [0.1, 0.15) is 0 Å². The maximum absolute atomic E-state index is 3.85. The predicted molar refractivity (Wildman–Crippen MR) is 94.0 cm³/mol. The largest absolute Gasteiger partial charge is 0.0808 e. The zero-order valence-corrected chi connectivity index (χ0v) is 13.6. The average Bonchev–Trinajstić information content (AvgIpc) is 2.96. The van der Waals surface area contributed by atoms with Crippen molar-refractivity contribution in [2.75, 3.05) is 0 Å². The van der Waals surface area contributed by atoms with Crippen LogP contribution in [0.3, 0.4) is 0 Å². The summed E-state index contributed by atoms with van der Waals surface area (Å²) in [6, 6.07) is 8.88. The van der Waals surface area contributed by atoms with Crippen LogP contribution in [-0.4, -0.2) is 0 Å². The first-order chi connectivity index (χ1) is 10.7. The van der Waals surface area contributed by atoms with Crippen LogP contribution >= 0.6 is 0 Å². The summed E-state index contributed by atoms with van der Waals surface area (Å²) in [7, 11) is 0. The molecule has 2 aliphatic rings. The average molecular weight is 286 g/mol. The Morgan fingerprint density at radius 2 is 1.59 bits per heavy atom. The number of hydrogen-bond acceptors (Lipinski definition) is 0. The molecule has 0 heteroatoms. The van der Waals surface area contributed by atoms with E-state index in [0.29, 0.717) is 17.8 Å². The van der Waals surface area contributed by atoms with E-state index >= 15 is 0 Å². The highest BCUT2D eigenvalue weighted by molar-refractivity contribution is 5.91. The van der Waals surface area contributed by atoms with Gasteiger partial charge in [0.05, 0.1) is 0 Å². The number of rotatable bonds is 1. The second-order valence-corrected chi connectivity index (χ2v) is 6.75. The van der Waals surface area contributed by atoms with Gasteiger partial charge in [-0.1, -0.05) is 48.6 Å². The van der Waals surface area contributed by atoms with Gasteiger partial charge in [-0.2, -0.15) is 0 Å². The summed E-state index contributed by atoms with van der Waals surface area (Å²) >= 11 is 0. The van der Waals surface area contributed by atoms with Crippen molar-refractivity contribution in [2.24, 2.45) is 11.8 Å². The van der Waals surface area contributed by atoms with Gasteiger partial charge >= 0.3 is 0 Å². The van der Waals surface area contributed by atoms with Gasteiger partial charge in [0, 0.05) is 0 Å². The molecule has 1 saturated carbocycles. The van der Waals surface area contributed by atoms with Crippen molar-refractivity contribution in [2.45, 2.75) is 33.1 Å². The SMILES string of the molecule is Cc1c(C)c(C2[C]C3C=CC=CC3C2)c2ccccc2c1C. The molecule has 3 atom stereocenters. The second-order valence-electron chi connectivity index (χ2n) is 6.75. The van der Waals surface area contributed by atoms with Gasteiger partial charge in [-0.05, 0) is 84.4 Å². The Balaban J connectivity index is 1.89. The molecule has 2 aliphatic carbocycles. The highest BCUT2D eigenvalue weighted by Crippen LogP contribution is 2.47. The summed E-state index contributed by atoms with van der Waals surface area (Å²) in [4.78, 5) is 0. The van der Waals surface area contributed by atoms with E-state index in [4.69, 9.17) is 0 Å². The summed E-state index contributed by atoms with van der Waals surface area (Å²) in [5.41, 5.74) is 5.83. The topological polar surface area (TPSA) is 0 Å². The van der Waals surface area contributed by atoms with Gasteiger partial charge in [0.15, 0.2) is 0 Å². The molecule has 0 bridgehead atoms. The van der Waals surface area contributed by atoms with E-state index in [1.807, 2.05) is 0 Å². The Bertz CT molecular complexity index is 771. The molecule has 0 saturated heterocycles. The summed E-state index contributed by atoms with van der Waals surface area (Å²) in [6.45, 7) is 6.81. The number of allylic oxidation sites excluding steroid dienone is 4. The summed E-state index contributed by atoms with van der Waals surface area (Å²) in [5.74, 6) is 1.58. The fourth-order valence-electron chi connectivity index (χ4n) is 4.21. The molecular formula is C22H22. The molecule has 0 N–H and O–H groups in total. The minimum Gasteiger partial charge on any atom is -0.0808 e. The molecule has 0 amide bonds. The molecule has 0 aromatic heterocycles. The van der Waals surface area contributed by atoms with Gasteiger partial charge in [-0.3, -0.25) is 0 Å². The fraction of sp³-hybridized carbons (Fsp3) is 0.318. The monoisotopic (exact) mass is 286 g/mol. The minimum absolute atomic E-state index is 0.451. The molecule has 0 aliphatic heterocycles. The van der Waals surface area contributed by atoms with E-state index in [1.54, 1.807) is 0 Å². The quantitative estimate of drug-likeness (QED) is 0.631. The smallest absolute Gasteiger partial charge is 0.00114 e. The van der Waals surface area contributed by atoms with Crippen molar-refractivity contribution in [1.82, 2.24) is 0 Å². The molecule has 22 heavy (non-hydrogen) atoms. The maximum Gasteiger partial charge on any atom is -0.00114 e. The zero-order chi connectivity index (χ0) is 15.3. The first-order valence-electron chi connectivity index (χ1n) is 8.26. The van der Waals surface area contributed by atoms with Crippen LogP contribution in [0.4, 0.5) is 0 Å². The van der Waals surface area contributed by atoms with Crippen molar-refractivity contribution in [3.8, 4) is 0 Å². The van der Waals surface area contributed by atoms with Gasteiger partial charge in [-0.25, -0.2) is 0 Å². The molecule has 1 fully saturated rings. The Morgan fingerprint density at radius 1 is 0.864 bits per heavy atom. The van der Waals surface area contributed by atoms with E-state index < -0.39 is 0 Å². The molecule has 0 spiro atoms. The van der Waals surface area contributed by atoms with Gasteiger partial charge in [0.25, 0.3) is 0 Å². The lowest BCUT2D eigenvalue weighted by Crippen LogP contribution is -2.03. The Morgan fingerprint density at radius 3 is 2.36 bits per heavy atom. The third kappa shape index (κ3) is 1.97. The highest BCUT2D eigenvalue weighted by atomic mass is 14.4. The van der Waals surface area contributed by atoms with Crippen LogP contribution in [0.15, 0.2) is 48.6 Å². The van der Waals surface area contributed by atoms with Crippen molar-refractivity contribution in [3.05, 3.63) is 77.2 Å². The predicted octanol–water partition coefficient (Wildman–Crippen LogP) is 5.69. The number of benzene rings is 2. The first-order valence-corrected chi connectivity index (χ1v) is 8.26. The molecule has 110 valence electrons. The van der Waals surface area contributed by atoms with Crippen LogP contribution in [0, 0.1) is 39.0 Å². The van der Waals surface area contributed by atoms with Crippen molar-refractivity contribution in [1.29, 1.82) is 0 Å². The third-order valence-electron chi connectivity index (χ3n) is 5.65. The lowest BCUT2D eigenvalue weighted by molar-refractivity contribution is 0.579. The molecule has 2 radical (unpaired) electrons. The van der Waals surface area contributed by atoms with E-state index in [2.05, 4.69) is 75.8 Å². The molecule has 4 rings (SSSR count). The number of fused-ring (bicyclic) bond motifs is 2. The molecule has 0 heterocycles. The van der Waals surface area contributed by atoms with Crippen molar-refractivity contribution < 1.29 is 0 Å². The molecule has 2 aromatic carbocycles. The van der Waals surface area contributed by atoms with Crippen LogP contribution in [0.5, 0.6) is 0 Å². The van der Waals surface area contributed by atoms with Crippen LogP contribution in [-0.2, 0) is 0 Å². The normalized spacial score (nSPS) is 26.6. The van der Waals surface area contributed by atoms with Crippen LogP contribution in [0.1, 0.15) is 34.6 Å². The molecule has 3 unspecified atom stereocenters. The summed E-state index contributed by atoms with van der Waals surface area (Å²) in [6.07, 6.45) is 14.1. The maximum atomic E-state index is 3.85. The molecule has 0 nitrogen and oxygen atoms in total. The first kappa shape index (κ1) is 13.8. The van der Waals surface area contributed by atoms with E-state index in [0.717, 1.165) is 0 Å². The van der Waals surface area contributed by atoms with E-state index in [1.165, 1.54) is 39.4 Å². The summed E-state index contributed by atoms with van der Waals surface area (Å²) in [5, 5.41) is 2.83. The third-order valence-corrected chi connectivity index (χ3v) is 5.65.